The summed E-state index contributed by atoms with van der Waals surface area (Å²) in [7, 11) is 1.52. The summed E-state index contributed by atoms with van der Waals surface area (Å²) in [5, 5.41) is 11.7. The Morgan fingerprint density at radius 3 is 2.53 bits per heavy atom. The first kappa shape index (κ1) is 14.1. The number of carbonyl (C=O) groups excluding carboxylic acids is 1. The second-order valence-corrected chi connectivity index (χ2v) is 5.45. The van der Waals surface area contributed by atoms with Crippen molar-refractivity contribution in [3.8, 4) is 0 Å². The molecule has 0 radical (unpaired) electrons. The summed E-state index contributed by atoms with van der Waals surface area (Å²) in [4.78, 5) is 25.1. The number of ether oxygens (including phenoxy) is 1. The van der Waals surface area contributed by atoms with E-state index in [9.17, 15) is 9.59 Å². The van der Waals surface area contributed by atoms with Crippen LogP contribution in [-0.4, -0.2) is 54.4 Å². The highest BCUT2D eigenvalue weighted by Gasteiger charge is 2.37. The number of methoxy groups -OCH3 is 1. The van der Waals surface area contributed by atoms with Crippen LogP contribution in [0.15, 0.2) is 0 Å². The second-order valence-electron chi connectivity index (χ2n) is 5.45. The highest BCUT2D eigenvalue weighted by atomic mass is 16.5. The molecule has 0 aromatic rings. The van der Waals surface area contributed by atoms with Gasteiger partial charge in [-0.05, 0) is 31.6 Å². The van der Waals surface area contributed by atoms with Crippen molar-refractivity contribution >= 4 is 12.0 Å². The first-order valence-corrected chi connectivity index (χ1v) is 6.90. The lowest BCUT2D eigenvalue weighted by atomic mass is 10.2. The highest BCUT2D eigenvalue weighted by Crippen LogP contribution is 2.34. The zero-order valence-electron chi connectivity index (χ0n) is 11.3. The van der Waals surface area contributed by atoms with Gasteiger partial charge in [0.15, 0.2) is 0 Å². The number of rotatable bonds is 8. The zero-order chi connectivity index (χ0) is 13.8. The molecule has 0 aromatic heterocycles. The highest BCUT2D eigenvalue weighted by molar-refractivity contribution is 5.82. The maximum absolute atomic E-state index is 12.2. The fourth-order valence-corrected chi connectivity index (χ4v) is 2.09. The lowest BCUT2D eigenvalue weighted by Crippen LogP contribution is -2.49. The van der Waals surface area contributed by atoms with Crippen LogP contribution in [0.5, 0.6) is 0 Å². The fourth-order valence-electron chi connectivity index (χ4n) is 2.09. The summed E-state index contributed by atoms with van der Waals surface area (Å²) < 4.78 is 4.87. The van der Waals surface area contributed by atoms with E-state index in [1.54, 1.807) is 0 Å². The van der Waals surface area contributed by atoms with E-state index in [1.165, 1.54) is 20.0 Å². The third-order valence-electron chi connectivity index (χ3n) is 3.61. The number of urea groups is 1. The smallest absolute Gasteiger partial charge is 0.326 e. The Morgan fingerprint density at radius 1 is 1.37 bits per heavy atom. The third-order valence-corrected chi connectivity index (χ3v) is 3.61. The van der Waals surface area contributed by atoms with Crippen LogP contribution in [0, 0.1) is 5.92 Å². The Kier molecular flexibility index (Phi) is 4.63. The molecular formula is C13H22N2O4. The molecule has 2 rings (SSSR count). The van der Waals surface area contributed by atoms with Crippen LogP contribution in [-0.2, 0) is 9.53 Å². The largest absolute Gasteiger partial charge is 0.480 e. The average molecular weight is 270 g/mol. The van der Waals surface area contributed by atoms with Gasteiger partial charge in [-0.25, -0.2) is 9.59 Å². The molecule has 6 nitrogen and oxygen atoms in total. The van der Waals surface area contributed by atoms with Gasteiger partial charge in [-0.15, -0.1) is 0 Å². The molecule has 6 heteroatoms. The normalized spacial score (nSPS) is 19.8. The Hall–Kier alpha value is -1.30. The number of hydrogen-bond acceptors (Lipinski definition) is 3. The maximum atomic E-state index is 12.2. The quantitative estimate of drug-likeness (QED) is 0.691. The van der Waals surface area contributed by atoms with E-state index in [-0.39, 0.29) is 6.03 Å². The van der Waals surface area contributed by atoms with Crippen molar-refractivity contribution in [1.29, 1.82) is 0 Å². The van der Waals surface area contributed by atoms with Gasteiger partial charge in [0.25, 0.3) is 0 Å². The number of hydrogen-bond donors (Lipinski definition) is 2. The Labute approximate surface area is 113 Å². The molecule has 2 saturated carbocycles. The van der Waals surface area contributed by atoms with E-state index in [2.05, 4.69) is 5.32 Å². The van der Waals surface area contributed by atoms with Crippen LogP contribution in [0.25, 0.3) is 0 Å². The SMILES string of the molecule is COCCC(NC(=O)N(CC1CC1)C1CC1)C(=O)O. The third kappa shape index (κ3) is 4.38. The summed E-state index contributed by atoms with van der Waals surface area (Å²) >= 11 is 0. The molecule has 0 aliphatic heterocycles. The van der Waals surface area contributed by atoms with Crippen LogP contribution < -0.4 is 5.32 Å². The first-order chi connectivity index (χ1) is 9.11. The van der Waals surface area contributed by atoms with E-state index >= 15 is 0 Å². The second kappa shape index (κ2) is 6.23. The van der Waals surface area contributed by atoms with E-state index in [0.29, 0.717) is 25.0 Å². The van der Waals surface area contributed by atoms with Gasteiger partial charge in [0.05, 0.1) is 0 Å². The van der Waals surface area contributed by atoms with Gasteiger partial charge in [-0.2, -0.15) is 0 Å². The average Bonchev–Trinajstić information content (AvgIpc) is 3.24. The van der Waals surface area contributed by atoms with Crippen LogP contribution in [0.4, 0.5) is 4.79 Å². The molecule has 0 saturated heterocycles. The molecule has 0 heterocycles. The molecular weight excluding hydrogens is 248 g/mol. The molecule has 19 heavy (non-hydrogen) atoms. The number of amides is 2. The van der Waals surface area contributed by atoms with Crippen molar-refractivity contribution in [2.75, 3.05) is 20.3 Å². The number of carbonyl (C=O) groups is 2. The minimum absolute atomic E-state index is 0.238. The van der Waals surface area contributed by atoms with Gasteiger partial charge in [0, 0.05) is 32.7 Å². The van der Waals surface area contributed by atoms with Crippen LogP contribution in [0.2, 0.25) is 0 Å². The number of carboxylic acids is 1. The van der Waals surface area contributed by atoms with Gasteiger partial charge in [-0.1, -0.05) is 0 Å². The number of carboxylic acid groups (broad SMARTS) is 1. The zero-order valence-corrected chi connectivity index (χ0v) is 11.3. The minimum Gasteiger partial charge on any atom is -0.480 e. The van der Waals surface area contributed by atoms with Crippen LogP contribution >= 0.6 is 0 Å². The van der Waals surface area contributed by atoms with Crippen molar-refractivity contribution in [3.63, 3.8) is 0 Å². The topological polar surface area (TPSA) is 78.9 Å². The Balaban J connectivity index is 1.86. The molecule has 2 aliphatic carbocycles. The lowest BCUT2D eigenvalue weighted by molar-refractivity contribution is -0.139. The molecule has 0 aromatic carbocycles. The molecule has 2 N–H and O–H groups in total. The summed E-state index contributed by atoms with van der Waals surface area (Å²) in [5.74, 6) is -0.388. The standard InChI is InChI=1S/C13H22N2O4/c1-19-7-6-11(12(16)17)14-13(18)15(10-4-5-10)8-9-2-3-9/h9-11H,2-8H2,1H3,(H,14,18)(H,16,17). The van der Waals surface area contributed by atoms with Gasteiger partial charge >= 0.3 is 12.0 Å². The van der Waals surface area contributed by atoms with Crippen molar-refractivity contribution < 1.29 is 19.4 Å². The van der Waals surface area contributed by atoms with E-state index < -0.39 is 12.0 Å². The fraction of sp³-hybridized carbons (Fsp3) is 0.846. The molecule has 1 unspecified atom stereocenters. The van der Waals surface area contributed by atoms with Crippen LogP contribution in [0.1, 0.15) is 32.1 Å². The molecule has 0 bridgehead atoms. The number of nitrogens with zero attached hydrogens (tertiary/aromatic N) is 1. The van der Waals surface area contributed by atoms with Crippen molar-refractivity contribution in [2.24, 2.45) is 5.92 Å². The summed E-state index contributed by atoms with van der Waals surface area (Å²) in [5.41, 5.74) is 0. The molecule has 2 aliphatic rings. The maximum Gasteiger partial charge on any atom is 0.326 e. The van der Waals surface area contributed by atoms with Gasteiger partial charge in [0.2, 0.25) is 0 Å². The van der Waals surface area contributed by atoms with Crippen molar-refractivity contribution in [2.45, 2.75) is 44.2 Å². The van der Waals surface area contributed by atoms with E-state index in [4.69, 9.17) is 9.84 Å². The minimum atomic E-state index is -1.01. The van der Waals surface area contributed by atoms with Gasteiger partial charge in [0.1, 0.15) is 6.04 Å². The van der Waals surface area contributed by atoms with Gasteiger partial charge < -0.3 is 20.1 Å². The first-order valence-electron chi connectivity index (χ1n) is 6.90. The van der Waals surface area contributed by atoms with Crippen molar-refractivity contribution in [3.05, 3.63) is 0 Å². The summed E-state index contributed by atoms with van der Waals surface area (Å²) in [6.07, 6.45) is 4.73. The Morgan fingerprint density at radius 2 is 2.05 bits per heavy atom. The van der Waals surface area contributed by atoms with E-state index in [1.807, 2.05) is 4.90 Å². The molecule has 108 valence electrons. The molecule has 1 atom stereocenters. The number of nitrogens with one attached hydrogen (secondary N) is 1. The van der Waals surface area contributed by atoms with Gasteiger partial charge in [-0.3, -0.25) is 0 Å². The lowest BCUT2D eigenvalue weighted by Gasteiger charge is -2.25. The molecule has 2 fully saturated rings. The van der Waals surface area contributed by atoms with Crippen LogP contribution in [0.3, 0.4) is 0 Å². The predicted octanol–water partition coefficient (Wildman–Crippen LogP) is 1.06. The van der Waals surface area contributed by atoms with Crippen molar-refractivity contribution in [1.82, 2.24) is 10.2 Å². The molecule has 2 amide bonds. The molecule has 0 spiro atoms. The summed E-state index contributed by atoms with van der Waals surface area (Å²) in [6.45, 7) is 1.09. The Bertz CT molecular complexity index is 340. The predicted molar refractivity (Wildman–Crippen MR) is 68.9 cm³/mol. The monoisotopic (exact) mass is 270 g/mol. The number of aliphatic carboxylic acids is 1. The van der Waals surface area contributed by atoms with E-state index in [0.717, 1.165) is 19.4 Å². The summed E-state index contributed by atoms with van der Waals surface area (Å²) in [6, 6.07) is -0.789.